The first kappa shape index (κ1) is 20.7. The van der Waals surface area contributed by atoms with Gasteiger partial charge >= 0.3 is 0 Å². The van der Waals surface area contributed by atoms with Crippen molar-refractivity contribution in [2.24, 2.45) is 0 Å². The zero-order chi connectivity index (χ0) is 21.7. The summed E-state index contributed by atoms with van der Waals surface area (Å²) in [5.74, 6) is -0.438. The van der Waals surface area contributed by atoms with Gasteiger partial charge in [0.1, 0.15) is 10.9 Å². The van der Waals surface area contributed by atoms with Gasteiger partial charge in [-0.25, -0.2) is 8.42 Å². The van der Waals surface area contributed by atoms with Gasteiger partial charge in [0, 0.05) is 17.3 Å². The quantitative estimate of drug-likeness (QED) is 0.466. The van der Waals surface area contributed by atoms with E-state index in [0.29, 0.717) is 16.6 Å². The van der Waals surface area contributed by atoms with Gasteiger partial charge < -0.3 is 5.32 Å². The molecule has 1 aromatic heterocycles. The van der Waals surface area contributed by atoms with Gasteiger partial charge in [-0.3, -0.25) is 9.78 Å². The summed E-state index contributed by atoms with van der Waals surface area (Å²) >= 11 is 0. The maximum Gasteiger partial charge on any atom is 0.243 e. The van der Waals surface area contributed by atoms with E-state index in [-0.39, 0.29) is 11.3 Å². The predicted molar refractivity (Wildman–Crippen MR) is 121 cm³/mol. The number of benzene rings is 3. The van der Waals surface area contributed by atoms with E-state index >= 15 is 0 Å². The molecule has 2 N–H and O–H groups in total. The maximum atomic E-state index is 13.3. The highest BCUT2D eigenvalue weighted by molar-refractivity contribution is 7.89. The van der Waals surface area contributed by atoms with Gasteiger partial charge in [-0.05, 0) is 36.2 Å². The summed E-state index contributed by atoms with van der Waals surface area (Å²) in [4.78, 5) is 17.3. The summed E-state index contributed by atoms with van der Waals surface area (Å²) in [6.07, 6.45) is 1.75. The number of rotatable bonds is 7. The molecule has 0 bridgehead atoms. The summed E-state index contributed by atoms with van der Waals surface area (Å²) in [6, 6.07) is 25.7. The highest BCUT2D eigenvalue weighted by Gasteiger charge is 2.27. The molecule has 3 aromatic carbocycles. The van der Waals surface area contributed by atoms with E-state index in [9.17, 15) is 13.2 Å². The Morgan fingerprint density at radius 3 is 2.26 bits per heavy atom. The van der Waals surface area contributed by atoms with E-state index < -0.39 is 22.0 Å². The van der Waals surface area contributed by atoms with Gasteiger partial charge in [-0.1, -0.05) is 66.7 Å². The minimum absolute atomic E-state index is 0.0381. The van der Waals surface area contributed by atoms with E-state index in [1.807, 2.05) is 36.4 Å². The minimum Gasteiger partial charge on any atom is -0.325 e. The number of nitrogens with one attached hydrogen (secondary N) is 2. The number of aromatic nitrogens is 1. The second-order valence-electron chi connectivity index (χ2n) is 7.05. The van der Waals surface area contributed by atoms with Crippen LogP contribution < -0.4 is 10.0 Å². The van der Waals surface area contributed by atoms with Crippen LogP contribution in [0.15, 0.2) is 102 Å². The molecule has 0 aliphatic carbocycles. The van der Waals surface area contributed by atoms with Crippen LogP contribution in [0.4, 0.5) is 5.69 Å². The SMILES string of the molecule is O=C(Nc1ccccc1)[C@H](Cc1ccccc1)NS(=O)(=O)c1cccc2cccnc12. The van der Waals surface area contributed by atoms with Crippen molar-refractivity contribution < 1.29 is 13.2 Å². The number of carbonyl (C=O) groups is 1. The second kappa shape index (κ2) is 9.07. The van der Waals surface area contributed by atoms with E-state index in [2.05, 4.69) is 15.0 Å². The number of para-hydroxylation sites is 2. The number of pyridine rings is 1. The largest absolute Gasteiger partial charge is 0.325 e. The third-order valence-corrected chi connectivity index (χ3v) is 6.33. The Balaban J connectivity index is 1.66. The molecule has 0 saturated carbocycles. The molecule has 4 aromatic rings. The van der Waals surface area contributed by atoms with E-state index in [1.165, 1.54) is 6.07 Å². The lowest BCUT2D eigenvalue weighted by Crippen LogP contribution is -2.45. The Morgan fingerprint density at radius 2 is 1.52 bits per heavy atom. The van der Waals surface area contributed by atoms with E-state index in [0.717, 1.165) is 5.56 Å². The van der Waals surface area contributed by atoms with Crippen LogP contribution in [0, 0.1) is 0 Å². The van der Waals surface area contributed by atoms with Crippen LogP contribution in [0.1, 0.15) is 5.56 Å². The van der Waals surface area contributed by atoms with Crippen LogP contribution in [-0.2, 0) is 21.2 Å². The van der Waals surface area contributed by atoms with Gasteiger partial charge in [0.2, 0.25) is 15.9 Å². The number of carbonyl (C=O) groups excluding carboxylic acids is 1. The van der Waals surface area contributed by atoms with Crippen molar-refractivity contribution >= 4 is 32.5 Å². The van der Waals surface area contributed by atoms with Crippen molar-refractivity contribution in [3.05, 3.63) is 103 Å². The summed E-state index contributed by atoms with van der Waals surface area (Å²) in [6.45, 7) is 0. The Hall–Kier alpha value is -3.55. The lowest BCUT2D eigenvalue weighted by atomic mass is 10.1. The lowest BCUT2D eigenvalue weighted by Gasteiger charge is -2.19. The molecule has 6 nitrogen and oxygen atoms in total. The standard InChI is InChI=1S/C24H21N3O3S/c28-24(26-20-13-5-2-6-14-20)21(17-18-9-3-1-4-10-18)27-31(29,30)22-15-7-11-19-12-8-16-25-23(19)22/h1-16,21,27H,17H2,(H,26,28)/t21-/m0/s1. The monoisotopic (exact) mass is 431 g/mol. The van der Waals surface area contributed by atoms with Crippen molar-refractivity contribution in [1.29, 1.82) is 0 Å². The fraction of sp³-hybridized carbons (Fsp3) is 0.0833. The normalized spacial score (nSPS) is 12.4. The number of hydrogen-bond acceptors (Lipinski definition) is 4. The van der Waals surface area contributed by atoms with Crippen LogP contribution in [0.25, 0.3) is 10.9 Å². The number of nitrogens with zero attached hydrogens (tertiary/aromatic N) is 1. The predicted octanol–water partition coefficient (Wildman–Crippen LogP) is 3.76. The summed E-state index contributed by atoms with van der Waals surface area (Å²) in [5, 5.41) is 3.50. The summed E-state index contributed by atoms with van der Waals surface area (Å²) in [5.41, 5.74) is 1.80. The number of amides is 1. The third-order valence-electron chi connectivity index (χ3n) is 4.82. The van der Waals surface area contributed by atoms with Crippen molar-refractivity contribution in [2.45, 2.75) is 17.4 Å². The molecule has 0 aliphatic rings. The minimum atomic E-state index is -4.02. The number of hydrogen-bond donors (Lipinski definition) is 2. The average Bonchev–Trinajstić information content (AvgIpc) is 2.79. The summed E-state index contributed by atoms with van der Waals surface area (Å²) in [7, 11) is -4.02. The molecule has 0 unspecified atom stereocenters. The molecule has 0 aliphatic heterocycles. The van der Waals surface area contributed by atoms with Crippen molar-refractivity contribution in [2.75, 3.05) is 5.32 Å². The van der Waals surface area contributed by atoms with Crippen LogP contribution in [0.2, 0.25) is 0 Å². The van der Waals surface area contributed by atoms with Gasteiger partial charge in [-0.15, -0.1) is 0 Å². The molecule has 4 rings (SSSR count). The molecule has 1 atom stereocenters. The lowest BCUT2D eigenvalue weighted by molar-refractivity contribution is -0.117. The molecule has 31 heavy (non-hydrogen) atoms. The van der Waals surface area contributed by atoms with Crippen LogP contribution in [0.3, 0.4) is 0 Å². The van der Waals surface area contributed by atoms with E-state index in [1.54, 1.807) is 54.7 Å². The first-order valence-electron chi connectivity index (χ1n) is 9.79. The first-order valence-corrected chi connectivity index (χ1v) is 11.3. The average molecular weight is 432 g/mol. The summed E-state index contributed by atoms with van der Waals surface area (Å²) < 4.78 is 29.1. The number of fused-ring (bicyclic) bond motifs is 1. The zero-order valence-electron chi connectivity index (χ0n) is 16.6. The second-order valence-corrected chi connectivity index (χ2v) is 8.73. The van der Waals surface area contributed by atoms with Gasteiger partial charge in [-0.2, -0.15) is 4.72 Å². The third kappa shape index (κ3) is 4.96. The van der Waals surface area contributed by atoms with Crippen LogP contribution in [-0.4, -0.2) is 25.4 Å². The van der Waals surface area contributed by atoms with Gasteiger partial charge in [0.05, 0.1) is 5.52 Å². The molecule has 0 fully saturated rings. The Morgan fingerprint density at radius 1 is 0.839 bits per heavy atom. The smallest absolute Gasteiger partial charge is 0.243 e. The van der Waals surface area contributed by atoms with Crippen molar-refractivity contribution in [3.8, 4) is 0 Å². The molecule has 156 valence electrons. The maximum absolute atomic E-state index is 13.3. The molecule has 1 amide bonds. The van der Waals surface area contributed by atoms with Crippen molar-refractivity contribution in [1.82, 2.24) is 9.71 Å². The fourth-order valence-electron chi connectivity index (χ4n) is 3.33. The van der Waals surface area contributed by atoms with Crippen LogP contribution in [0.5, 0.6) is 0 Å². The van der Waals surface area contributed by atoms with Crippen molar-refractivity contribution in [3.63, 3.8) is 0 Å². The first-order chi connectivity index (χ1) is 15.0. The highest BCUT2D eigenvalue weighted by atomic mass is 32.2. The van der Waals surface area contributed by atoms with E-state index in [4.69, 9.17) is 0 Å². The molecule has 7 heteroatoms. The molecule has 0 spiro atoms. The van der Waals surface area contributed by atoms with Gasteiger partial charge in [0.15, 0.2) is 0 Å². The highest BCUT2D eigenvalue weighted by Crippen LogP contribution is 2.21. The Labute approximate surface area is 181 Å². The Kier molecular flexibility index (Phi) is 6.06. The number of sulfonamides is 1. The molecule has 0 saturated heterocycles. The molecular weight excluding hydrogens is 410 g/mol. The molecular formula is C24H21N3O3S. The fourth-order valence-corrected chi connectivity index (χ4v) is 4.71. The van der Waals surface area contributed by atoms with Crippen LogP contribution >= 0.6 is 0 Å². The van der Waals surface area contributed by atoms with Gasteiger partial charge in [0.25, 0.3) is 0 Å². The zero-order valence-corrected chi connectivity index (χ0v) is 17.4. The Bertz CT molecular complexity index is 1290. The molecule has 1 heterocycles. The number of anilines is 1. The topological polar surface area (TPSA) is 88.2 Å². The molecule has 0 radical (unpaired) electrons.